The Bertz CT molecular complexity index is 2150. The monoisotopic (exact) mass is 1550 g/mol. The first-order valence-corrected chi connectivity index (χ1v) is 23.3. The highest BCUT2D eigenvalue weighted by molar-refractivity contribution is 14.1. The van der Waals surface area contributed by atoms with Crippen LogP contribution in [0.1, 0.15) is 0 Å². The molecule has 4 heterocycles. The van der Waals surface area contributed by atoms with E-state index in [9.17, 15) is 0 Å². The summed E-state index contributed by atoms with van der Waals surface area (Å²) in [5.41, 5.74) is 13.5. The minimum atomic E-state index is 0.976. The first-order valence-electron chi connectivity index (χ1n) is 14.7. The Kier molecular flexibility index (Phi) is 12.9. The molecular formula is C38H18I8N4. The summed E-state index contributed by atoms with van der Waals surface area (Å²) in [7, 11) is 0. The van der Waals surface area contributed by atoms with Gasteiger partial charge in [0.1, 0.15) is 14.8 Å². The molecule has 0 amide bonds. The lowest BCUT2D eigenvalue weighted by Gasteiger charge is -2.15. The summed E-state index contributed by atoms with van der Waals surface area (Å²) in [6, 6.07) is 31.0. The van der Waals surface area contributed by atoms with Gasteiger partial charge in [-0.05, 0) is 292 Å². The molecule has 50 heavy (non-hydrogen) atoms. The second-order valence-corrected chi connectivity index (χ2v) is 20.2. The molecule has 0 unspecified atom stereocenters. The number of pyridine rings is 4. The van der Waals surface area contributed by atoms with Gasteiger partial charge in [-0.15, -0.1) is 0 Å². The SMILES string of the molecule is Ic1cc(I)c(-c2cc(-c3cccc(-c4cc(-c5cnc(I)cc5I)cc(-c5cnc(I)cc5I)c4)c3)cc(-c3cnc(I)cc3I)c2)cn1. The molecule has 0 bridgehead atoms. The van der Waals surface area contributed by atoms with Crippen molar-refractivity contribution in [2.24, 2.45) is 0 Å². The van der Waals surface area contributed by atoms with E-state index in [1.165, 1.54) is 0 Å². The first-order chi connectivity index (χ1) is 24.0. The van der Waals surface area contributed by atoms with Crippen LogP contribution in [0.5, 0.6) is 0 Å². The third-order valence-corrected chi connectivity index (χ3v) is 13.8. The topological polar surface area (TPSA) is 51.6 Å². The lowest BCUT2D eigenvalue weighted by Crippen LogP contribution is -1.94. The fourth-order valence-corrected chi connectivity index (χ4v) is 12.7. The second-order valence-electron chi connectivity index (χ2n) is 11.1. The number of aromatic nitrogens is 4. The Labute approximate surface area is 399 Å². The summed E-state index contributed by atoms with van der Waals surface area (Å²) >= 11 is 18.8. The van der Waals surface area contributed by atoms with Crippen LogP contribution in [-0.2, 0) is 0 Å². The molecule has 4 aromatic heterocycles. The van der Waals surface area contributed by atoms with Crippen LogP contribution in [0, 0.1) is 29.1 Å². The second kappa shape index (κ2) is 16.9. The van der Waals surface area contributed by atoms with Crippen LogP contribution in [-0.4, -0.2) is 19.9 Å². The van der Waals surface area contributed by atoms with Crippen LogP contribution in [0.15, 0.2) is 110 Å². The normalized spacial score (nSPS) is 11.2. The average molecular weight is 1550 g/mol. The molecule has 7 aromatic rings. The summed E-state index contributed by atoms with van der Waals surface area (Å²) in [5.74, 6) is 0. The Morgan fingerprint density at radius 2 is 0.520 bits per heavy atom. The zero-order valence-corrected chi connectivity index (χ0v) is 42.5. The van der Waals surface area contributed by atoms with Crippen LogP contribution in [0.2, 0.25) is 0 Å². The molecule has 4 nitrogen and oxygen atoms in total. The van der Waals surface area contributed by atoms with E-state index in [2.05, 4.69) is 286 Å². The Hall–Kier alpha value is 0.1000. The van der Waals surface area contributed by atoms with Crippen molar-refractivity contribution in [3.8, 4) is 66.8 Å². The van der Waals surface area contributed by atoms with Gasteiger partial charge in [-0.25, -0.2) is 19.9 Å². The van der Waals surface area contributed by atoms with Crippen molar-refractivity contribution in [1.29, 1.82) is 0 Å². The number of benzene rings is 3. The molecule has 0 aliphatic rings. The first kappa shape index (κ1) is 38.4. The smallest absolute Gasteiger partial charge is 0.102 e. The summed E-state index contributed by atoms with van der Waals surface area (Å²) in [6.07, 6.45) is 7.92. The largest absolute Gasteiger partial charge is 0.250 e. The predicted molar refractivity (Wildman–Crippen MR) is 272 cm³/mol. The molecule has 0 N–H and O–H groups in total. The zero-order chi connectivity index (χ0) is 35.1. The molecule has 0 saturated carbocycles. The fourth-order valence-electron chi connectivity index (χ4n) is 5.57. The van der Waals surface area contributed by atoms with E-state index in [0.717, 1.165) is 95.8 Å². The third kappa shape index (κ3) is 8.80. The van der Waals surface area contributed by atoms with Crippen LogP contribution in [0.25, 0.3) is 66.8 Å². The number of halogens is 8. The van der Waals surface area contributed by atoms with Gasteiger partial charge in [0.05, 0.1) is 0 Å². The molecular weight excluding hydrogens is 1530 g/mol. The van der Waals surface area contributed by atoms with Crippen molar-refractivity contribution < 1.29 is 0 Å². The number of hydrogen-bond donors (Lipinski definition) is 0. The van der Waals surface area contributed by atoms with E-state index in [1.807, 2.05) is 24.8 Å². The van der Waals surface area contributed by atoms with Crippen LogP contribution in [0.4, 0.5) is 0 Å². The molecule has 0 atom stereocenters. The third-order valence-electron chi connectivity index (χ3n) is 7.92. The molecule has 0 radical (unpaired) electrons. The number of rotatable bonds is 6. The molecule has 0 aliphatic carbocycles. The minimum absolute atomic E-state index is 0.976. The van der Waals surface area contributed by atoms with E-state index < -0.39 is 0 Å². The molecule has 3 aromatic carbocycles. The van der Waals surface area contributed by atoms with Crippen LogP contribution >= 0.6 is 181 Å². The lowest BCUT2D eigenvalue weighted by atomic mass is 9.91. The van der Waals surface area contributed by atoms with E-state index in [1.54, 1.807) is 0 Å². The van der Waals surface area contributed by atoms with Gasteiger partial charge in [0.25, 0.3) is 0 Å². The maximum Gasteiger partial charge on any atom is 0.102 e. The number of hydrogen-bond acceptors (Lipinski definition) is 4. The molecule has 0 aliphatic heterocycles. The summed E-state index contributed by atoms with van der Waals surface area (Å²) in [6.45, 7) is 0. The quantitative estimate of drug-likeness (QED) is 0.123. The number of nitrogens with zero attached hydrogens (tertiary/aromatic N) is 4. The van der Waals surface area contributed by atoms with Crippen molar-refractivity contribution in [2.45, 2.75) is 0 Å². The van der Waals surface area contributed by atoms with E-state index >= 15 is 0 Å². The van der Waals surface area contributed by atoms with Crippen LogP contribution in [0.3, 0.4) is 0 Å². The summed E-state index contributed by atoms with van der Waals surface area (Å²) in [5, 5.41) is 0. The van der Waals surface area contributed by atoms with Gasteiger partial charge < -0.3 is 0 Å². The van der Waals surface area contributed by atoms with Gasteiger partial charge in [0.15, 0.2) is 0 Å². The standard InChI is InChI=1S/C38H18I8N4/c39-31-11-35(43)47-15-27(31)23-5-21(6-24(9-23)28-16-48-36(44)12-32(28)40)19-2-1-3-20(4-19)22-7-25(29-17-49-37(45)13-33(29)41)10-26(8-22)30-18-50-38(46)14-34(30)42/h1-18H. The predicted octanol–water partition coefficient (Wildman–Crippen LogP) is 14.1. The van der Waals surface area contributed by atoms with Crippen LogP contribution < -0.4 is 0 Å². The maximum absolute atomic E-state index is 4.65. The highest BCUT2D eigenvalue weighted by atomic mass is 127. The van der Waals surface area contributed by atoms with E-state index in [4.69, 9.17) is 0 Å². The molecule has 0 fully saturated rings. The van der Waals surface area contributed by atoms with Crippen molar-refractivity contribution in [3.05, 3.63) is 139 Å². The van der Waals surface area contributed by atoms with Crippen molar-refractivity contribution in [3.63, 3.8) is 0 Å². The van der Waals surface area contributed by atoms with Gasteiger partial charge in [0.2, 0.25) is 0 Å². The molecule has 12 heteroatoms. The van der Waals surface area contributed by atoms with Gasteiger partial charge in [-0.2, -0.15) is 0 Å². The van der Waals surface area contributed by atoms with Gasteiger partial charge >= 0.3 is 0 Å². The summed E-state index contributed by atoms with van der Waals surface area (Å²) < 4.78 is 8.56. The van der Waals surface area contributed by atoms with Crippen molar-refractivity contribution in [2.75, 3.05) is 0 Å². The Morgan fingerprint density at radius 3 is 0.780 bits per heavy atom. The lowest BCUT2D eigenvalue weighted by molar-refractivity contribution is 1.25. The summed E-state index contributed by atoms with van der Waals surface area (Å²) in [4.78, 5) is 18.6. The Balaban J connectivity index is 1.41. The minimum Gasteiger partial charge on any atom is -0.250 e. The molecule has 246 valence electrons. The highest BCUT2D eigenvalue weighted by Crippen LogP contribution is 2.40. The van der Waals surface area contributed by atoms with E-state index in [0.29, 0.717) is 0 Å². The van der Waals surface area contributed by atoms with Gasteiger partial charge in [-0.3, -0.25) is 0 Å². The fraction of sp³-hybridized carbons (Fsp3) is 0. The van der Waals surface area contributed by atoms with Crippen molar-refractivity contribution >= 4 is 181 Å². The average Bonchev–Trinajstić information content (AvgIpc) is 3.08. The Morgan fingerprint density at radius 1 is 0.280 bits per heavy atom. The maximum atomic E-state index is 4.65. The molecule has 7 rings (SSSR count). The van der Waals surface area contributed by atoms with Gasteiger partial charge in [0, 0.05) is 61.3 Å². The molecule has 0 spiro atoms. The van der Waals surface area contributed by atoms with Crippen molar-refractivity contribution in [1.82, 2.24) is 19.9 Å². The molecule has 0 saturated heterocycles. The van der Waals surface area contributed by atoms with Gasteiger partial charge in [-0.1, -0.05) is 18.2 Å². The van der Waals surface area contributed by atoms with E-state index in [-0.39, 0.29) is 0 Å². The zero-order valence-electron chi connectivity index (χ0n) is 25.2. The highest BCUT2D eigenvalue weighted by Gasteiger charge is 2.16.